The highest BCUT2D eigenvalue weighted by atomic mass is 32.1. The summed E-state index contributed by atoms with van der Waals surface area (Å²) in [5.41, 5.74) is 5.44. The van der Waals surface area contributed by atoms with Crippen molar-refractivity contribution in [2.75, 3.05) is 49.6 Å². The zero-order chi connectivity index (χ0) is 22.1. The number of amides is 2. The highest BCUT2D eigenvalue weighted by Crippen LogP contribution is 2.33. The van der Waals surface area contributed by atoms with Gasteiger partial charge in [-0.2, -0.15) is 18.2 Å². The summed E-state index contributed by atoms with van der Waals surface area (Å²) in [5.74, 6) is -0.443. The number of fused-ring (bicyclic) bond motifs is 1. The molecule has 0 atom stereocenters. The number of halogens is 3. The number of nitrogens with zero attached hydrogens (tertiary/aromatic N) is 5. The van der Waals surface area contributed by atoms with Crippen molar-refractivity contribution in [1.82, 2.24) is 14.9 Å². The topological polar surface area (TPSA) is 95.7 Å². The quantitative estimate of drug-likeness (QED) is 0.755. The van der Waals surface area contributed by atoms with Crippen LogP contribution in [0.15, 0.2) is 6.07 Å². The number of piperazine rings is 1. The van der Waals surface area contributed by atoms with E-state index in [0.717, 1.165) is 21.5 Å². The molecule has 1 aliphatic heterocycles. The molecule has 3 rings (SSSR count). The van der Waals surface area contributed by atoms with E-state index in [9.17, 15) is 22.8 Å². The Balaban J connectivity index is 1.87. The van der Waals surface area contributed by atoms with E-state index < -0.39 is 18.5 Å². The second-order valence-electron chi connectivity index (χ2n) is 6.95. The minimum absolute atomic E-state index is 0.165. The number of aromatic nitrogens is 2. The zero-order valence-corrected chi connectivity index (χ0v) is 17.5. The fourth-order valence-corrected chi connectivity index (χ4v) is 4.17. The normalized spacial score (nSPS) is 15.0. The maximum Gasteiger partial charge on any atom is 0.397 e. The van der Waals surface area contributed by atoms with Crippen molar-refractivity contribution in [3.05, 3.63) is 10.9 Å². The smallest absolute Gasteiger partial charge is 0.352 e. The third-order valence-electron chi connectivity index (χ3n) is 4.89. The number of likely N-dealkylation sites (N-methyl/N-ethyl adjacent to an activating group) is 1. The van der Waals surface area contributed by atoms with Gasteiger partial charge < -0.3 is 15.5 Å². The first-order valence-electron chi connectivity index (χ1n) is 9.49. The molecule has 0 unspecified atom stereocenters. The fourth-order valence-electron chi connectivity index (χ4n) is 3.21. The van der Waals surface area contributed by atoms with E-state index in [1.807, 2.05) is 17.9 Å². The Labute approximate surface area is 175 Å². The summed E-state index contributed by atoms with van der Waals surface area (Å²) in [4.78, 5) is 39.2. The molecule has 0 spiro atoms. The summed E-state index contributed by atoms with van der Waals surface area (Å²) in [6.45, 7) is 2.84. The molecule has 164 valence electrons. The molecule has 1 fully saturated rings. The molecule has 8 nitrogen and oxygen atoms in total. The van der Waals surface area contributed by atoms with Gasteiger partial charge in [0.25, 0.3) is 0 Å². The van der Waals surface area contributed by atoms with Crippen molar-refractivity contribution >= 4 is 45.1 Å². The standard InChI is InChI=1S/C18H23F3N6O2S/c1-3-11-8-12-15(23-17(24-16(12)30-11)25(2)14(29)10-22)27-6-4-26(5-7-27)13(28)9-18(19,20)21/h8H,3-7,9-10,22H2,1-2H3. The summed E-state index contributed by atoms with van der Waals surface area (Å²) >= 11 is 1.50. The van der Waals surface area contributed by atoms with Crippen molar-refractivity contribution in [3.8, 4) is 0 Å². The molecular formula is C18H23F3N6O2S. The van der Waals surface area contributed by atoms with Gasteiger partial charge in [-0.15, -0.1) is 11.3 Å². The number of hydrogen-bond donors (Lipinski definition) is 1. The van der Waals surface area contributed by atoms with Crippen LogP contribution >= 0.6 is 11.3 Å². The summed E-state index contributed by atoms with van der Waals surface area (Å²) in [6.07, 6.45) is -5.16. The van der Waals surface area contributed by atoms with E-state index >= 15 is 0 Å². The average molecular weight is 444 g/mol. The van der Waals surface area contributed by atoms with Gasteiger partial charge in [-0.3, -0.25) is 14.5 Å². The van der Waals surface area contributed by atoms with Crippen LogP contribution < -0.4 is 15.5 Å². The molecule has 2 aromatic rings. The van der Waals surface area contributed by atoms with Crippen LogP contribution in [-0.4, -0.2) is 72.6 Å². The first-order valence-corrected chi connectivity index (χ1v) is 10.3. The van der Waals surface area contributed by atoms with Crippen LogP contribution in [0.5, 0.6) is 0 Å². The molecule has 0 saturated carbocycles. The number of carbonyl (C=O) groups is 2. The maximum atomic E-state index is 12.5. The molecule has 0 bridgehead atoms. The number of anilines is 2. The lowest BCUT2D eigenvalue weighted by molar-refractivity contribution is -0.161. The Morgan fingerprint density at radius 3 is 2.47 bits per heavy atom. The highest BCUT2D eigenvalue weighted by Gasteiger charge is 2.35. The van der Waals surface area contributed by atoms with Crippen LogP contribution in [0.4, 0.5) is 24.9 Å². The van der Waals surface area contributed by atoms with Gasteiger partial charge in [0.1, 0.15) is 17.1 Å². The van der Waals surface area contributed by atoms with E-state index in [0.29, 0.717) is 18.9 Å². The molecule has 0 aliphatic carbocycles. The number of rotatable bonds is 5. The monoisotopic (exact) mass is 444 g/mol. The molecule has 2 N–H and O–H groups in total. The molecule has 2 aromatic heterocycles. The van der Waals surface area contributed by atoms with Gasteiger partial charge in [-0.25, -0.2) is 4.98 Å². The van der Waals surface area contributed by atoms with Crippen LogP contribution in [0.1, 0.15) is 18.2 Å². The molecule has 0 aromatic carbocycles. The van der Waals surface area contributed by atoms with Crippen molar-refractivity contribution in [3.63, 3.8) is 0 Å². The number of carbonyl (C=O) groups excluding carboxylic acids is 2. The largest absolute Gasteiger partial charge is 0.397 e. The number of aryl methyl sites for hydroxylation is 1. The van der Waals surface area contributed by atoms with Gasteiger partial charge in [-0.1, -0.05) is 6.92 Å². The zero-order valence-electron chi connectivity index (χ0n) is 16.7. The van der Waals surface area contributed by atoms with Gasteiger partial charge in [0.15, 0.2) is 0 Å². The fraction of sp³-hybridized carbons (Fsp3) is 0.556. The van der Waals surface area contributed by atoms with Crippen LogP contribution in [0.2, 0.25) is 0 Å². The van der Waals surface area contributed by atoms with Crippen molar-refractivity contribution in [1.29, 1.82) is 0 Å². The van der Waals surface area contributed by atoms with Gasteiger partial charge in [0.05, 0.1) is 11.9 Å². The van der Waals surface area contributed by atoms with E-state index in [4.69, 9.17) is 5.73 Å². The Kier molecular flexibility index (Phi) is 6.46. The van der Waals surface area contributed by atoms with Crippen LogP contribution in [0.25, 0.3) is 10.2 Å². The van der Waals surface area contributed by atoms with Crippen LogP contribution in [0.3, 0.4) is 0 Å². The minimum atomic E-state index is -4.52. The molecule has 30 heavy (non-hydrogen) atoms. The third-order valence-corrected chi connectivity index (χ3v) is 6.07. The molecule has 0 radical (unpaired) electrons. The number of thiophene rings is 1. The predicted octanol–water partition coefficient (Wildman–Crippen LogP) is 1.78. The molecule has 1 saturated heterocycles. The summed E-state index contributed by atoms with van der Waals surface area (Å²) in [6, 6.07) is 1.99. The number of hydrogen-bond acceptors (Lipinski definition) is 7. The number of alkyl halides is 3. The summed E-state index contributed by atoms with van der Waals surface area (Å²) in [5, 5.41) is 0.823. The maximum absolute atomic E-state index is 12.5. The molecular weight excluding hydrogens is 421 g/mol. The van der Waals surface area contributed by atoms with Gasteiger partial charge in [-0.05, 0) is 12.5 Å². The molecule has 1 aliphatic rings. The molecule has 3 heterocycles. The lowest BCUT2D eigenvalue weighted by Gasteiger charge is -2.36. The highest BCUT2D eigenvalue weighted by molar-refractivity contribution is 7.18. The average Bonchev–Trinajstić information content (AvgIpc) is 3.14. The Bertz CT molecular complexity index is 940. The second-order valence-corrected chi connectivity index (χ2v) is 8.06. The predicted molar refractivity (Wildman–Crippen MR) is 109 cm³/mol. The van der Waals surface area contributed by atoms with Crippen LogP contribution in [0, 0.1) is 0 Å². The second kappa shape index (κ2) is 8.72. The first-order chi connectivity index (χ1) is 14.1. The van der Waals surface area contributed by atoms with Crippen molar-refractivity contribution in [2.45, 2.75) is 25.9 Å². The molecule has 12 heteroatoms. The summed E-state index contributed by atoms with van der Waals surface area (Å²) < 4.78 is 37.5. The lowest BCUT2D eigenvalue weighted by atomic mass is 10.2. The first kappa shape index (κ1) is 22.2. The van der Waals surface area contributed by atoms with E-state index in [-0.39, 0.29) is 31.5 Å². The Morgan fingerprint density at radius 2 is 1.90 bits per heavy atom. The Hall–Kier alpha value is -2.47. The van der Waals surface area contributed by atoms with Gasteiger partial charge >= 0.3 is 6.18 Å². The minimum Gasteiger partial charge on any atom is -0.352 e. The SMILES string of the molecule is CCc1cc2c(N3CCN(C(=O)CC(F)(F)F)CC3)nc(N(C)C(=O)CN)nc2s1. The number of nitrogens with two attached hydrogens (primary N) is 1. The van der Waals surface area contributed by atoms with E-state index in [2.05, 4.69) is 9.97 Å². The van der Waals surface area contributed by atoms with Gasteiger partial charge in [0, 0.05) is 38.1 Å². The third kappa shape index (κ3) is 4.81. The van der Waals surface area contributed by atoms with Crippen molar-refractivity contribution < 1.29 is 22.8 Å². The van der Waals surface area contributed by atoms with Crippen LogP contribution in [-0.2, 0) is 16.0 Å². The summed E-state index contributed by atoms with van der Waals surface area (Å²) in [7, 11) is 1.54. The van der Waals surface area contributed by atoms with E-state index in [1.54, 1.807) is 7.05 Å². The van der Waals surface area contributed by atoms with E-state index in [1.165, 1.54) is 21.1 Å². The Morgan fingerprint density at radius 1 is 1.23 bits per heavy atom. The van der Waals surface area contributed by atoms with Gasteiger partial charge in [0.2, 0.25) is 17.8 Å². The lowest BCUT2D eigenvalue weighted by Crippen LogP contribution is -2.50. The molecule has 2 amide bonds. The van der Waals surface area contributed by atoms with Crippen molar-refractivity contribution in [2.24, 2.45) is 5.73 Å².